The van der Waals surface area contributed by atoms with Crippen molar-refractivity contribution in [1.29, 1.82) is 0 Å². The number of aromatic nitrogens is 2. The molecule has 1 N–H and O–H groups in total. The number of rotatable bonds is 1. The van der Waals surface area contributed by atoms with Gasteiger partial charge in [0.2, 0.25) is 0 Å². The Morgan fingerprint density at radius 3 is 3.00 bits per heavy atom. The third-order valence-corrected chi connectivity index (χ3v) is 1.96. The number of imidazole rings is 1. The predicted octanol–water partition coefficient (Wildman–Crippen LogP) is 1.48. The van der Waals surface area contributed by atoms with Crippen molar-refractivity contribution in [3.8, 4) is 0 Å². The Kier molecular flexibility index (Phi) is 1.04. The molecule has 9 heavy (non-hydrogen) atoms. The van der Waals surface area contributed by atoms with Gasteiger partial charge in [-0.2, -0.15) is 0 Å². The number of hydrogen-bond acceptors (Lipinski definition) is 1. The minimum absolute atomic E-state index is 0.719. The molecule has 2 heteroatoms. The zero-order valence-electron chi connectivity index (χ0n) is 5.22. The predicted molar refractivity (Wildman–Crippen MR) is 34.0 cm³/mol. The molecule has 2 nitrogen and oxygen atoms in total. The molecule has 0 atom stereocenters. The number of H-pyrrole nitrogens is 1. The zero-order chi connectivity index (χ0) is 6.10. The minimum Gasteiger partial charge on any atom is -0.348 e. The zero-order valence-corrected chi connectivity index (χ0v) is 5.22. The Hall–Kier alpha value is -0.790. The molecule has 1 aliphatic carbocycles. The van der Waals surface area contributed by atoms with Gasteiger partial charge < -0.3 is 4.98 Å². The number of hydrogen-bond donors (Lipinski definition) is 1. The fraction of sp³-hybridized carbons (Fsp3) is 0.571. The highest BCUT2D eigenvalue weighted by molar-refractivity contribution is 4.99. The van der Waals surface area contributed by atoms with Crippen molar-refractivity contribution in [2.75, 3.05) is 0 Å². The van der Waals surface area contributed by atoms with Crippen LogP contribution in [0.1, 0.15) is 31.0 Å². The van der Waals surface area contributed by atoms with Gasteiger partial charge in [-0.15, -0.1) is 0 Å². The van der Waals surface area contributed by atoms with Gasteiger partial charge in [-0.25, -0.2) is 4.98 Å². The maximum atomic E-state index is 4.06. The summed E-state index contributed by atoms with van der Waals surface area (Å²) in [5.74, 6) is 1.84. The molecule has 1 heterocycles. The van der Waals surface area contributed by atoms with E-state index in [4.69, 9.17) is 0 Å². The lowest BCUT2D eigenvalue weighted by Crippen LogP contribution is -2.09. The van der Waals surface area contributed by atoms with E-state index in [1.807, 2.05) is 0 Å². The van der Waals surface area contributed by atoms with Gasteiger partial charge in [0, 0.05) is 12.1 Å². The largest absolute Gasteiger partial charge is 0.348 e. The summed E-state index contributed by atoms with van der Waals surface area (Å²) in [6, 6.07) is 0. The Bertz CT molecular complexity index is 175. The fourth-order valence-corrected chi connectivity index (χ4v) is 1.13. The van der Waals surface area contributed by atoms with Crippen LogP contribution < -0.4 is 0 Å². The van der Waals surface area contributed by atoms with Gasteiger partial charge in [-0.3, -0.25) is 0 Å². The molecule has 0 unspecified atom stereocenters. The number of nitrogens with zero attached hydrogens (tertiary/aromatic N) is 1. The molecule has 1 aromatic heterocycles. The number of nitrogens with one attached hydrogen (secondary N) is 1. The van der Waals surface area contributed by atoms with Crippen molar-refractivity contribution in [2.45, 2.75) is 25.2 Å². The van der Waals surface area contributed by atoms with Crippen LogP contribution in [-0.2, 0) is 0 Å². The first-order valence-corrected chi connectivity index (χ1v) is 3.38. The molecule has 1 aromatic rings. The van der Waals surface area contributed by atoms with E-state index in [0.717, 1.165) is 11.7 Å². The Morgan fingerprint density at radius 1 is 1.67 bits per heavy atom. The molecule has 0 spiro atoms. The first-order chi connectivity index (χ1) is 4.47. The van der Waals surface area contributed by atoms with Crippen molar-refractivity contribution in [3.63, 3.8) is 0 Å². The van der Waals surface area contributed by atoms with Crippen molar-refractivity contribution in [2.24, 2.45) is 0 Å². The quantitative estimate of drug-likeness (QED) is 0.599. The molecule has 47 valence electrons. The molecule has 0 aromatic carbocycles. The van der Waals surface area contributed by atoms with Gasteiger partial charge in [0.1, 0.15) is 12.0 Å². The average molecular weight is 121 g/mol. The van der Waals surface area contributed by atoms with Crippen molar-refractivity contribution in [1.82, 2.24) is 9.97 Å². The summed E-state index contributed by atoms with van der Waals surface area (Å²) < 4.78 is 0. The lowest BCUT2D eigenvalue weighted by atomic mass is 9.85. The third kappa shape index (κ3) is 0.745. The average Bonchev–Trinajstić information content (AvgIpc) is 2.11. The molecule has 1 saturated carbocycles. The Balaban J connectivity index is 2.14. The van der Waals surface area contributed by atoms with E-state index in [0.29, 0.717) is 0 Å². The Morgan fingerprint density at radius 2 is 2.56 bits per heavy atom. The smallest absolute Gasteiger partial charge is 0.109 e. The van der Waals surface area contributed by atoms with Crippen LogP contribution in [0.3, 0.4) is 0 Å². The van der Waals surface area contributed by atoms with Gasteiger partial charge in [0.05, 0.1) is 0 Å². The van der Waals surface area contributed by atoms with Crippen LogP contribution in [0, 0.1) is 6.20 Å². The first kappa shape index (κ1) is 5.03. The molecule has 2 rings (SSSR count). The highest BCUT2D eigenvalue weighted by atomic mass is 14.9. The molecule has 0 aliphatic heterocycles. The number of aromatic amines is 1. The lowest BCUT2D eigenvalue weighted by Gasteiger charge is -2.22. The van der Waals surface area contributed by atoms with Crippen LogP contribution in [0.2, 0.25) is 0 Å². The maximum absolute atomic E-state index is 4.06. The lowest BCUT2D eigenvalue weighted by molar-refractivity contribution is 0.404. The molecular weight excluding hydrogens is 112 g/mol. The normalized spacial score (nSPS) is 19.6. The van der Waals surface area contributed by atoms with E-state index in [1.54, 1.807) is 6.20 Å². The summed E-state index contributed by atoms with van der Waals surface area (Å²) in [5, 5.41) is 0. The standard InChI is InChI=1S/C7H9N2/c1-2-6(3-1)7-8-4-5-9-7/h4,6H,1-3H2,(H,8,9). The van der Waals surface area contributed by atoms with Gasteiger partial charge in [0.15, 0.2) is 0 Å². The molecule has 0 bridgehead atoms. The van der Waals surface area contributed by atoms with E-state index in [1.165, 1.54) is 19.3 Å². The Labute approximate surface area is 54.3 Å². The van der Waals surface area contributed by atoms with Gasteiger partial charge in [-0.1, -0.05) is 6.42 Å². The van der Waals surface area contributed by atoms with E-state index in [2.05, 4.69) is 16.2 Å². The van der Waals surface area contributed by atoms with E-state index in [9.17, 15) is 0 Å². The summed E-state index contributed by atoms with van der Waals surface area (Å²) >= 11 is 0. The molecule has 1 radical (unpaired) electrons. The van der Waals surface area contributed by atoms with Crippen molar-refractivity contribution in [3.05, 3.63) is 18.2 Å². The molecule has 0 amide bonds. The van der Waals surface area contributed by atoms with Crippen LogP contribution in [0.5, 0.6) is 0 Å². The minimum atomic E-state index is 0.719. The van der Waals surface area contributed by atoms with E-state index >= 15 is 0 Å². The van der Waals surface area contributed by atoms with Gasteiger partial charge >= 0.3 is 0 Å². The van der Waals surface area contributed by atoms with Crippen molar-refractivity contribution < 1.29 is 0 Å². The monoisotopic (exact) mass is 121 g/mol. The molecule has 0 saturated heterocycles. The summed E-state index contributed by atoms with van der Waals surface area (Å²) in [6.07, 6.45) is 8.52. The summed E-state index contributed by atoms with van der Waals surface area (Å²) in [7, 11) is 0. The van der Waals surface area contributed by atoms with Crippen LogP contribution in [-0.4, -0.2) is 9.97 Å². The van der Waals surface area contributed by atoms with Crippen LogP contribution >= 0.6 is 0 Å². The maximum Gasteiger partial charge on any atom is 0.109 e. The molecule has 1 fully saturated rings. The second-order valence-electron chi connectivity index (χ2n) is 2.54. The summed E-state index contributed by atoms with van der Waals surface area (Å²) in [5.41, 5.74) is 0. The second kappa shape index (κ2) is 1.87. The molecule has 1 aliphatic rings. The van der Waals surface area contributed by atoms with E-state index < -0.39 is 0 Å². The third-order valence-electron chi connectivity index (χ3n) is 1.96. The van der Waals surface area contributed by atoms with Gasteiger partial charge in [0.25, 0.3) is 0 Å². The summed E-state index contributed by atoms with van der Waals surface area (Å²) in [6.45, 7) is 0. The van der Waals surface area contributed by atoms with Crippen LogP contribution in [0.25, 0.3) is 0 Å². The fourth-order valence-electron chi connectivity index (χ4n) is 1.13. The van der Waals surface area contributed by atoms with Crippen LogP contribution in [0.15, 0.2) is 6.20 Å². The summed E-state index contributed by atoms with van der Waals surface area (Å²) in [4.78, 5) is 7.13. The second-order valence-corrected chi connectivity index (χ2v) is 2.54. The highest BCUT2D eigenvalue weighted by Crippen LogP contribution is 2.33. The molecular formula is C7H9N2. The van der Waals surface area contributed by atoms with Crippen LogP contribution in [0.4, 0.5) is 0 Å². The first-order valence-electron chi connectivity index (χ1n) is 3.38. The topological polar surface area (TPSA) is 28.7 Å². The van der Waals surface area contributed by atoms with E-state index in [-0.39, 0.29) is 0 Å². The van der Waals surface area contributed by atoms with Gasteiger partial charge in [-0.05, 0) is 12.8 Å². The highest BCUT2D eigenvalue weighted by Gasteiger charge is 2.20. The van der Waals surface area contributed by atoms with Crippen molar-refractivity contribution >= 4 is 0 Å². The SMILES string of the molecule is [c]1c[nH]c(C2CCC2)n1.